The molecule has 6 heteroatoms. The summed E-state index contributed by atoms with van der Waals surface area (Å²) in [5.74, 6) is 0. The summed E-state index contributed by atoms with van der Waals surface area (Å²) in [6.07, 6.45) is 0.771. The normalized spacial score (nSPS) is 11.3. The summed E-state index contributed by atoms with van der Waals surface area (Å²) in [6.45, 7) is 0. The minimum atomic E-state index is -4.48. The van der Waals surface area contributed by atoms with Crippen molar-refractivity contribution in [3.8, 4) is 11.1 Å². The van der Waals surface area contributed by atoms with Gasteiger partial charge in [-0.1, -0.05) is 0 Å². The van der Waals surface area contributed by atoms with Crippen LogP contribution in [0.15, 0.2) is 36.9 Å². The van der Waals surface area contributed by atoms with E-state index in [1.807, 2.05) is 0 Å². The van der Waals surface area contributed by atoms with Crippen LogP contribution in [0.5, 0.6) is 0 Å². The number of rotatable bonds is 2. The summed E-state index contributed by atoms with van der Waals surface area (Å²) >= 11 is 0. The Labute approximate surface area is 100 Å². The number of alkyl halides is 3. The molecule has 0 amide bonds. The van der Waals surface area contributed by atoms with Crippen molar-refractivity contribution < 1.29 is 18.0 Å². The molecule has 2 heterocycles. The van der Waals surface area contributed by atoms with Gasteiger partial charge in [-0.3, -0.25) is 14.8 Å². The van der Waals surface area contributed by atoms with E-state index in [0.29, 0.717) is 6.29 Å². The molecule has 92 valence electrons. The van der Waals surface area contributed by atoms with Gasteiger partial charge in [0.25, 0.3) is 0 Å². The maximum absolute atomic E-state index is 12.8. The van der Waals surface area contributed by atoms with E-state index >= 15 is 0 Å². The molecule has 0 aromatic carbocycles. The number of nitrogens with zero attached hydrogens (tertiary/aromatic N) is 2. The van der Waals surface area contributed by atoms with E-state index in [0.717, 1.165) is 18.5 Å². The van der Waals surface area contributed by atoms with Crippen molar-refractivity contribution in [2.45, 2.75) is 6.18 Å². The molecule has 2 aromatic heterocycles. The molecule has 0 radical (unpaired) electrons. The maximum Gasteiger partial charge on any atom is 0.417 e. The lowest BCUT2D eigenvalue weighted by Gasteiger charge is -2.11. The minimum Gasteiger partial charge on any atom is -0.298 e. The van der Waals surface area contributed by atoms with Crippen LogP contribution in [-0.4, -0.2) is 16.3 Å². The molecule has 3 nitrogen and oxygen atoms in total. The topological polar surface area (TPSA) is 42.9 Å². The summed E-state index contributed by atoms with van der Waals surface area (Å²) in [5, 5.41) is 0. The van der Waals surface area contributed by atoms with Crippen LogP contribution in [0.3, 0.4) is 0 Å². The molecule has 0 aliphatic rings. The Bertz CT molecular complexity index is 582. The summed E-state index contributed by atoms with van der Waals surface area (Å²) in [7, 11) is 0. The smallest absolute Gasteiger partial charge is 0.298 e. The fourth-order valence-corrected chi connectivity index (χ4v) is 1.54. The number of hydrogen-bond acceptors (Lipinski definition) is 3. The van der Waals surface area contributed by atoms with Gasteiger partial charge in [-0.05, 0) is 12.1 Å². The largest absolute Gasteiger partial charge is 0.417 e. The first-order chi connectivity index (χ1) is 8.52. The lowest BCUT2D eigenvalue weighted by atomic mass is 10.0. The van der Waals surface area contributed by atoms with Crippen LogP contribution < -0.4 is 0 Å². The molecule has 18 heavy (non-hydrogen) atoms. The van der Waals surface area contributed by atoms with Gasteiger partial charge in [-0.25, -0.2) is 0 Å². The van der Waals surface area contributed by atoms with Crippen molar-refractivity contribution in [2.24, 2.45) is 0 Å². The number of hydrogen-bond donors (Lipinski definition) is 0. The molecule has 0 saturated carbocycles. The molecule has 0 N–H and O–H groups in total. The van der Waals surface area contributed by atoms with Gasteiger partial charge >= 0.3 is 6.18 Å². The van der Waals surface area contributed by atoms with Crippen molar-refractivity contribution in [1.82, 2.24) is 9.97 Å². The lowest BCUT2D eigenvalue weighted by molar-refractivity contribution is -0.137. The first-order valence-corrected chi connectivity index (χ1v) is 4.94. The molecule has 0 bridgehead atoms. The third-order valence-electron chi connectivity index (χ3n) is 2.33. The fraction of sp³-hybridized carbons (Fsp3) is 0.0833. The lowest BCUT2D eigenvalue weighted by Crippen LogP contribution is -2.07. The van der Waals surface area contributed by atoms with Crippen LogP contribution >= 0.6 is 0 Å². The Balaban J connectivity index is 2.60. The van der Waals surface area contributed by atoms with Crippen molar-refractivity contribution in [3.05, 3.63) is 48.0 Å². The minimum absolute atomic E-state index is 0.0961. The molecule has 0 aliphatic heterocycles. The van der Waals surface area contributed by atoms with Gasteiger partial charge in [-0.15, -0.1) is 0 Å². The van der Waals surface area contributed by atoms with Crippen LogP contribution in [0.4, 0.5) is 13.2 Å². The summed E-state index contributed by atoms with van der Waals surface area (Å²) in [4.78, 5) is 18.0. The number of carbonyl (C=O) groups excluding carboxylic acids is 1. The molecule has 2 aromatic rings. The zero-order chi connectivity index (χ0) is 13.2. The van der Waals surface area contributed by atoms with E-state index in [1.165, 1.54) is 18.5 Å². The van der Waals surface area contributed by atoms with Crippen LogP contribution in [-0.2, 0) is 6.18 Å². The van der Waals surface area contributed by atoms with Crippen molar-refractivity contribution in [3.63, 3.8) is 0 Å². The standard InChI is InChI=1S/C12H7F3N2O/c13-12(14,15)11-1-2-16-6-10(11)9-3-8(7-18)4-17-5-9/h1-7H. The molecule has 2 rings (SSSR count). The Morgan fingerprint density at radius 3 is 2.56 bits per heavy atom. The van der Waals surface area contributed by atoms with Gasteiger partial charge in [0.05, 0.1) is 5.56 Å². The predicted molar refractivity (Wildman–Crippen MR) is 57.9 cm³/mol. The number of aldehydes is 1. The third-order valence-corrected chi connectivity index (χ3v) is 2.33. The summed E-state index contributed by atoms with van der Waals surface area (Å²) in [5.41, 5.74) is -0.479. The highest BCUT2D eigenvalue weighted by Crippen LogP contribution is 2.36. The molecular formula is C12H7F3N2O. The zero-order valence-electron chi connectivity index (χ0n) is 8.98. The summed E-state index contributed by atoms with van der Waals surface area (Å²) in [6, 6.07) is 2.23. The monoisotopic (exact) mass is 252 g/mol. The molecule has 0 unspecified atom stereocenters. The Hall–Kier alpha value is -2.24. The van der Waals surface area contributed by atoms with Crippen molar-refractivity contribution in [2.75, 3.05) is 0 Å². The average molecular weight is 252 g/mol. The number of halogens is 3. The first-order valence-electron chi connectivity index (χ1n) is 4.94. The zero-order valence-corrected chi connectivity index (χ0v) is 8.98. The number of aromatic nitrogens is 2. The number of pyridine rings is 2. The van der Waals surface area contributed by atoms with Gasteiger partial charge in [0.2, 0.25) is 0 Å². The molecule has 0 fully saturated rings. The summed E-state index contributed by atoms with van der Waals surface area (Å²) < 4.78 is 38.4. The van der Waals surface area contributed by atoms with E-state index in [4.69, 9.17) is 0 Å². The van der Waals surface area contributed by atoms with E-state index in [-0.39, 0.29) is 16.7 Å². The fourth-order valence-electron chi connectivity index (χ4n) is 1.54. The Morgan fingerprint density at radius 2 is 1.89 bits per heavy atom. The van der Waals surface area contributed by atoms with E-state index in [1.54, 1.807) is 0 Å². The molecule has 0 atom stereocenters. The van der Waals surface area contributed by atoms with E-state index in [2.05, 4.69) is 9.97 Å². The maximum atomic E-state index is 12.8. The molecule has 0 spiro atoms. The van der Waals surface area contributed by atoms with Crippen LogP contribution in [0.25, 0.3) is 11.1 Å². The highest BCUT2D eigenvalue weighted by atomic mass is 19.4. The van der Waals surface area contributed by atoms with Crippen LogP contribution in [0, 0.1) is 0 Å². The van der Waals surface area contributed by atoms with E-state index < -0.39 is 11.7 Å². The highest BCUT2D eigenvalue weighted by Gasteiger charge is 2.33. The number of carbonyl (C=O) groups is 1. The second-order valence-electron chi connectivity index (χ2n) is 3.54. The van der Waals surface area contributed by atoms with Gasteiger partial charge < -0.3 is 0 Å². The molecule has 0 aliphatic carbocycles. The molecular weight excluding hydrogens is 245 g/mol. The quantitative estimate of drug-likeness (QED) is 0.771. The van der Waals surface area contributed by atoms with Crippen molar-refractivity contribution in [1.29, 1.82) is 0 Å². The predicted octanol–water partition coefficient (Wildman–Crippen LogP) is 2.97. The van der Waals surface area contributed by atoms with Gasteiger partial charge in [0.1, 0.15) is 0 Å². The van der Waals surface area contributed by atoms with Gasteiger partial charge in [-0.2, -0.15) is 13.2 Å². The SMILES string of the molecule is O=Cc1cncc(-c2cnccc2C(F)(F)F)c1. The van der Waals surface area contributed by atoms with Crippen LogP contribution in [0.1, 0.15) is 15.9 Å². The highest BCUT2D eigenvalue weighted by molar-refractivity contribution is 5.78. The Kier molecular flexibility index (Phi) is 3.10. The molecule has 0 saturated heterocycles. The third kappa shape index (κ3) is 2.37. The van der Waals surface area contributed by atoms with E-state index in [9.17, 15) is 18.0 Å². The Morgan fingerprint density at radius 1 is 1.11 bits per heavy atom. The van der Waals surface area contributed by atoms with Crippen LogP contribution in [0.2, 0.25) is 0 Å². The second kappa shape index (κ2) is 4.56. The average Bonchev–Trinajstić information content (AvgIpc) is 2.38. The van der Waals surface area contributed by atoms with Gasteiger partial charge in [0, 0.05) is 41.5 Å². The first kappa shape index (κ1) is 12.2. The second-order valence-corrected chi connectivity index (χ2v) is 3.54. The van der Waals surface area contributed by atoms with Crippen molar-refractivity contribution >= 4 is 6.29 Å². The van der Waals surface area contributed by atoms with Gasteiger partial charge in [0.15, 0.2) is 6.29 Å².